The van der Waals surface area contributed by atoms with Crippen LogP contribution in [0.4, 0.5) is 5.69 Å². The smallest absolute Gasteiger partial charge is 0.339 e. The molecule has 0 saturated heterocycles. The van der Waals surface area contributed by atoms with E-state index in [0.29, 0.717) is 18.5 Å². The normalized spacial score (nSPS) is 21.5. The fraction of sp³-hybridized carbons (Fsp3) is 0.286. The number of aromatic nitrogens is 1. The van der Waals surface area contributed by atoms with Crippen molar-refractivity contribution in [2.45, 2.75) is 25.0 Å². The number of carboxylic acid groups (broad SMARTS) is 1. The zero-order valence-corrected chi connectivity index (χ0v) is 12.1. The fourth-order valence-corrected chi connectivity index (χ4v) is 2.75. The molecule has 0 radical (unpaired) electrons. The summed E-state index contributed by atoms with van der Waals surface area (Å²) in [5, 5.41) is 22.7. The number of aromatic carboxylic acids is 1. The van der Waals surface area contributed by atoms with Crippen LogP contribution >= 0.6 is 15.9 Å². The molecule has 6 heteroatoms. The van der Waals surface area contributed by atoms with Gasteiger partial charge in [0.1, 0.15) is 5.56 Å². The number of aliphatic hydroxyl groups is 1. The lowest BCUT2D eigenvalue weighted by molar-refractivity contribution is 0.0697. The Kier molecular flexibility index (Phi) is 3.35. The highest BCUT2D eigenvalue weighted by Crippen LogP contribution is 2.32. The molecule has 5 nitrogen and oxygen atoms in total. The predicted octanol–water partition coefficient (Wildman–Crippen LogP) is 2.63. The van der Waals surface area contributed by atoms with Crippen LogP contribution in [0, 0.1) is 0 Å². The van der Waals surface area contributed by atoms with Crippen LogP contribution in [-0.4, -0.2) is 33.3 Å². The van der Waals surface area contributed by atoms with Gasteiger partial charge in [0.05, 0.1) is 17.3 Å². The Morgan fingerprint density at radius 2 is 2.15 bits per heavy atom. The van der Waals surface area contributed by atoms with Gasteiger partial charge in [-0.05, 0) is 31.0 Å². The largest absolute Gasteiger partial charge is 0.478 e. The molecule has 0 atom stereocenters. The summed E-state index contributed by atoms with van der Waals surface area (Å²) in [6, 6.07) is 5.66. The van der Waals surface area contributed by atoms with Gasteiger partial charge in [-0.25, -0.2) is 4.79 Å². The Labute approximate surface area is 123 Å². The van der Waals surface area contributed by atoms with E-state index < -0.39 is 5.97 Å². The highest BCUT2D eigenvalue weighted by molar-refractivity contribution is 9.10. The summed E-state index contributed by atoms with van der Waals surface area (Å²) in [4.78, 5) is 15.5. The van der Waals surface area contributed by atoms with Gasteiger partial charge in [-0.1, -0.05) is 15.9 Å². The van der Waals surface area contributed by atoms with E-state index in [0.717, 1.165) is 15.4 Å². The number of halogens is 1. The molecular formula is C14H13BrN2O3. The summed E-state index contributed by atoms with van der Waals surface area (Å²) in [5.74, 6) is -1.01. The van der Waals surface area contributed by atoms with Crippen LogP contribution in [0.2, 0.25) is 0 Å². The highest BCUT2D eigenvalue weighted by atomic mass is 79.9. The van der Waals surface area contributed by atoms with E-state index in [2.05, 4.69) is 26.2 Å². The molecule has 2 aromatic rings. The molecule has 1 aromatic heterocycles. The third kappa shape index (κ3) is 2.36. The van der Waals surface area contributed by atoms with Crippen molar-refractivity contribution < 1.29 is 15.0 Å². The second kappa shape index (κ2) is 5.03. The lowest BCUT2D eigenvalue weighted by Gasteiger charge is -2.33. The van der Waals surface area contributed by atoms with E-state index in [9.17, 15) is 15.0 Å². The minimum atomic E-state index is -1.01. The Morgan fingerprint density at radius 1 is 1.40 bits per heavy atom. The second-order valence-corrected chi connectivity index (χ2v) is 5.90. The third-order valence-corrected chi connectivity index (χ3v) is 4.02. The summed E-state index contributed by atoms with van der Waals surface area (Å²) in [5.41, 5.74) is 1.46. The molecule has 0 bridgehead atoms. The van der Waals surface area contributed by atoms with Crippen molar-refractivity contribution in [3.05, 3.63) is 34.4 Å². The first-order valence-electron chi connectivity index (χ1n) is 6.31. The summed E-state index contributed by atoms with van der Waals surface area (Å²) < 4.78 is 0.867. The van der Waals surface area contributed by atoms with Crippen LogP contribution in [0.25, 0.3) is 10.9 Å². The molecule has 104 valence electrons. The molecule has 1 heterocycles. The van der Waals surface area contributed by atoms with Crippen molar-refractivity contribution in [3.8, 4) is 0 Å². The SMILES string of the molecule is O=C(O)c1cnc2ccc(Br)cc2c1N[C@H]1C[C@H](O)C1. The average Bonchev–Trinajstić information content (AvgIpc) is 2.37. The Bertz CT molecular complexity index is 683. The number of rotatable bonds is 3. The maximum absolute atomic E-state index is 11.4. The molecule has 0 aliphatic heterocycles. The summed E-state index contributed by atoms with van der Waals surface area (Å²) in [7, 11) is 0. The minimum absolute atomic E-state index is 0.104. The maximum Gasteiger partial charge on any atom is 0.339 e. The summed E-state index contributed by atoms with van der Waals surface area (Å²) >= 11 is 3.39. The lowest BCUT2D eigenvalue weighted by atomic mass is 9.89. The molecule has 1 aliphatic rings. The first-order valence-corrected chi connectivity index (χ1v) is 7.10. The molecular weight excluding hydrogens is 324 g/mol. The standard InChI is InChI=1S/C14H13BrN2O3/c15-7-1-2-12-10(3-7)13(11(6-16-12)14(19)20)17-8-4-9(18)5-8/h1-3,6,8-9,18H,4-5H2,(H,16,17)(H,19,20)/t8-,9-. The molecule has 1 aromatic carbocycles. The van der Waals surface area contributed by atoms with Crippen molar-refractivity contribution in [2.24, 2.45) is 0 Å². The van der Waals surface area contributed by atoms with Crippen molar-refractivity contribution >= 4 is 38.5 Å². The minimum Gasteiger partial charge on any atom is -0.478 e. The van der Waals surface area contributed by atoms with Crippen LogP contribution in [0.5, 0.6) is 0 Å². The number of benzene rings is 1. The number of carbonyl (C=O) groups is 1. The lowest BCUT2D eigenvalue weighted by Crippen LogP contribution is -2.39. The number of nitrogens with one attached hydrogen (secondary N) is 1. The first-order chi connectivity index (χ1) is 9.54. The van der Waals surface area contributed by atoms with E-state index in [-0.39, 0.29) is 17.7 Å². The highest BCUT2D eigenvalue weighted by Gasteiger charge is 2.28. The van der Waals surface area contributed by atoms with Crippen molar-refractivity contribution in [1.29, 1.82) is 0 Å². The van der Waals surface area contributed by atoms with Gasteiger partial charge in [0, 0.05) is 22.1 Å². The van der Waals surface area contributed by atoms with Gasteiger partial charge in [-0.15, -0.1) is 0 Å². The molecule has 3 N–H and O–H groups in total. The van der Waals surface area contributed by atoms with Gasteiger partial charge >= 0.3 is 5.97 Å². The van der Waals surface area contributed by atoms with Gasteiger partial charge in [0.15, 0.2) is 0 Å². The number of pyridine rings is 1. The van der Waals surface area contributed by atoms with Gasteiger partial charge in [0.25, 0.3) is 0 Å². The molecule has 0 spiro atoms. The Balaban J connectivity index is 2.10. The van der Waals surface area contributed by atoms with Crippen LogP contribution in [-0.2, 0) is 0 Å². The topological polar surface area (TPSA) is 82.5 Å². The summed E-state index contributed by atoms with van der Waals surface area (Å²) in [6.07, 6.45) is 2.35. The van der Waals surface area contributed by atoms with Crippen LogP contribution < -0.4 is 5.32 Å². The number of anilines is 1. The monoisotopic (exact) mass is 336 g/mol. The van der Waals surface area contributed by atoms with Crippen molar-refractivity contribution in [2.75, 3.05) is 5.32 Å². The quantitative estimate of drug-likeness (QED) is 0.802. The van der Waals surface area contributed by atoms with Crippen LogP contribution in [0.3, 0.4) is 0 Å². The number of fused-ring (bicyclic) bond motifs is 1. The zero-order valence-electron chi connectivity index (χ0n) is 10.5. The zero-order chi connectivity index (χ0) is 14.3. The Morgan fingerprint density at radius 3 is 2.80 bits per heavy atom. The van der Waals surface area contributed by atoms with Gasteiger partial charge < -0.3 is 15.5 Å². The number of hydrogen-bond acceptors (Lipinski definition) is 4. The van der Waals surface area contributed by atoms with Crippen molar-refractivity contribution in [3.63, 3.8) is 0 Å². The molecule has 1 saturated carbocycles. The molecule has 3 rings (SSSR count). The Hall–Kier alpha value is -1.66. The van der Waals surface area contributed by atoms with E-state index >= 15 is 0 Å². The first kappa shape index (κ1) is 13.3. The van der Waals surface area contributed by atoms with E-state index in [1.807, 2.05) is 18.2 Å². The van der Waals surface area contributed by atoms with Gasteiger partial charge in [-0.3, -0.25) is 4.98 Å². The predicted molar refractivity (Wildman–Crippen MR) is 79.1 cm³/mol. The number of hydrogen-bond donors (Lipinski definition) is 3. The number of carboxylic acids is 1. The molecule has 1 aliphatic carbocycles. The molecule has 0 amide bonds. The maximum atomic E-state index is 11.4. The average molecular weight is 337 g/mol. The number of aliphatic hydroxyl groups excluding tert-OH is 1. The van der Waals surface area contributed by atoms with E-state index in [1.54, 1.807) is 0 Å². The van der Waals surface area contributed by atoms with Crippen LogP contribution in [0.1, 0.15) is 23.2 Å². The summed E-state index contributed by atoms with van der Waals surface area (Å²) in [6.45, 7) is 0. The second-order valence-electron chi connectivity index (χ2n) is 4.98. The third-order valence-electron chi connectivity index (χ3n) is 3.52. The fourth-order valence-electron chi connectivity index (χ4n) is 2.39. The van der Waals surface area contributed by atoms with Gasteiger partial charge in [-0.2, -0.15) is 0 Å². The number of nitrogens with zero attached hydrogens (tertiary/aromatic N) is 1. The van der Waals surface area contributed by atoms with Crippen molar-refractivity contribution in [1.82, 2.24) is 4.98 Å². The van der Waals surface area contributed by atoms with E-state index in [4.69, 9.17) is 0 Å². The van der Waals surface area contributed by atoms with E-state index in [1.165, 1.54) is 6.20 Å². The molecule has 20 heavy (non-hydrogen) atoms. The van der Waals surface area contributed by atoms with Crippen LogP contribution in [0.15, 0.2) is 28.9 Å². The van der Waals surface area contributed by atoms with Gasteiger partial charge in [0.2, 0.25) is 0 Å². The molecule has 0 unspecified atom stereocenters. The molecule has 1 fully saturated rings.